The van der Waals surface area contributed by atoms with Crippen LogP contribution in [0.25, 0.3) is 11.1 Å². The van der Waals surface area contributed by atoms with Crippen LogP contribution in [0, 0.1) is 13.8 Å². The number of hydrogen-bond acceptors (Lipinski definition) is 0. The van der Waals surface area contributed by atoms with E-state index in [2.05, 4.69) is 46.4 Å². The molecule has 0 saturated carbocycles. The predicted octanol–water partition coefficient (Wildman–Crippen LogP) is 5.68. The van der Waals surface area contributed by atoms with Gasteiger partial charge in [0.1, 0.15) is 0 Å². The average molecular weight is 240 g/mol. The predicted molar refractivity (Wildman–Crippen MR) is 81.7 cm³/mol. The van der Waals surface area contributed by atoms with E-state index in [4.69, 9.17) is 0 Å². The molecule has 1 aromatic rings. The second kappa shape index (κ2) is 5.14. The third-order valence-corrected chi connectivity index (χ3v) is 4.08. The fourth-order valence-corrected chi connectivity index (χ4v) is 3.04. The van der Waals surface area contributed by atoms with Gasteiger partial charge in [-0.25, -0.2) is 0 Å². The zero-order valence-corrected chi connectivity index (χ0v) is 12.2. The van der Waals surface area contributed by atoms with Crippen LogP contribution in [0.15, 0.2) is 24.3 Å². The van der Waals surface area contributed by atoms with Crippen LogP contribution in [0.2, 0.25) is 0 Å². The normalized spacial score (nSPS) is 16.0. The van der Waals surface area contributed by atoms with Gasteiger partial charge in [-0.15, -0.1) is 0 Å². The first-order valence-corrected chi connectivity index (χ1v) is 6.97. The molecule has 1 aliphatic rings. The molecule has 0 spiro atoms. The van der Waals surface area contributed by atoms with Gasteiger partial charge in [0.2, 0.25) is 0 Å². The van der Waals surface area contributed by atoms with Crippen molar-refractivity contribution in [3.63, 3.8) is 0 Å². The van der Waals surface area contributed by atoms with E-state index in [0.29, 0.717) is 0 Å². The molecule has 0 heterocycles. The number of aryl methyl sites for hydroxylation is 1. The Balaban J connectivity index is 2.61. The maximum absolute atomic E-state index is 4.12. The first-order valence-electron chi connectivity index (χ1n) is 6.97. The van der Waals surface area contributed by atoms with Crippen molar-refractivity contribution in [2.45, 2.75) is 53.4 Å². The van der Waals surface area contributed by atoms with E-state index >= 15 is 0 Å². The number of rotatable bonds is 2. The molecule has 0 heteroatoms. The van der Waals surface area contributed by atoms with E-state index in [-0.39, 0.29) is 0 Å². The van der Waals surface area contributed by atoms with Gasteiger partial charge in [-0.1, -0.05) is 29.9 Å². The smallest absolute Gasteiger partial charge is 0.0187 e. The van der Waals surface area contributed by atoms with Gasteiger partial charge >= 0.3 is 0 Å². The van der Waals surface area contributed by atoms with Crippen molar-refractivity contribution in [2.24, 2.45) is 0 Å². The molecular formula is C18H24. The van der Waals surface area contributed by atoms with Crippen molar-refractivity contribution in [3.8, 4) is 0 Å². The first-order chi connectivity index (χ1) is 8.50. The van der Waals surface area contributed by atoms with E-state index in [1.165, 1.54) is 53.5 Å². The molecule has 2 rings (SSSR count). The van der Waals surface area contributed by atoms with Crippen molar-refractivity contribution >= 4 is 11.1 Å². The molecule has 0 aliphatic heterocycles. The zero-order chi connectivity index (χ0) is 13.3. The van der Waals surface area contributed by atoms with Gasteiger partial charge in [-0.05, 0) is 81.2 Å². The summed E-state index contributed by atoms with van der Waals surface area (Å²) in [6.07, 6.45) is 5.20. The Morgan fingerprint density at radius 2 is 1.72 bits per heavy atom. The average Bonchev–Trinajstić information content (AvgIpc) is 2.32. The van der Waals surface area contributed by atoms with Crippen LogP contribution in [0.3, 0.4) is 0 Å². The number of allylic oxidation sites excluding steroid dienone is 3. The van der Waals surface area contributed by atoms with Gasteiger partial charge in [-0.2, -0.15) is 0 Å². The molecule has 0 saturated heterocycles. The largest absolute Gasteiger partial charge is 0.0955 e. The van der Waals surface area contributed by atoms with Crippen LogP contribution in [-0.4, -0.2) is 0 Å². The van der Waals surface area contributed by atoms with E-state index in [1.807, 2.05) is 0 Å². The Morgan fingerprint density at radius 1 is 1.06 bits per heavy atom. The van der Waals surface area contributed by atoms with Crippen molar-refractivity contribution in [1.82, 2.24) is 0 Å². The molecule has 1 aromatic carbocycles. The molecule has 0 radical (unpaired) electrons. The topological polar surface area (TPSA) is 0 Å². The Morgan fingerprint density at radius 3 is 2.33 bits per heavy atom. The molecule has 0 nitrogen and oxygen atoms in total. The number of hydrogen-bond donors (Lipinski definition) is 0. The SMILES string of the molecule is C=C(C)c1cc(C)cc(C2=C(C)CCCC2)c1C. The van der Waals surface area contributed by atoms with E-state index in [1.54, 1.807) is 11.1 Å². The minimum Gasteiger partial charge on any atom is -0.0955 e. The highest BCUT2D eigenvalue weighted by Gasteiger charge is 2.15. The molecule has 18 heavy (non-hydrogen) atoms. The van der Waals surface area contributed by atoms with Gasteiger partial charge in [0, 0.05) is 0 Å². The summed E-state index contributed by atoms with van der Waals surface area (Å²) in [5.41, 5.74) is 9.89. The van der Waals surface area contributed by atoms with Crippen molar-refractivity contribution < 1.29 is 0 Å². The van der Waals surface area contributed by atoms with Gasteiger partial charge < -0.3 is 0 Å². The number of benzene rings is 1. The van der Waals surface area contributed by atoms with Gasteiger partial charge in [-0.3, -0.25) is 0 Å². The summed E-state index contributed by atoms with van der Waals surface area (Å²) in [4.78, 5) is 0. The third kappa shape index (κ3) is 2.43. The summed E-state index contributed by atoms with van der Waals surface area (Å²) in [6.45, 7) is 13.0. The van der Waals surface area contributed by atoms with Crippen molar-refractivity contribution in [1.29, 1.82) is 0 Å². The maximum Gasteiger partial charge on any atom is -0.0187 e. The van der Waals surface area contributed by atoms with Crippen LogP contribution in [-0.2, 0) is 0 Å². The Labute approximate surface area is 111 Å². The molecule has 0 atom stereocenters. The second-order valence-corrected chi connectivity index (χ2v) is 5.73. The lowest BCUT2D eigenvalue weighted by Gasteiger charge is -2.22. The van der Waals surface area contributed by atoms with E-state index < -0.39 is 0 Å². The summed E-state index contributed by atoms with van der Waals surface area (Å²) < 4.78 is 0. The molecule has 0 N–H and O–H groups in total. The lowest BCUT2D eigenvalue weighted by molar-refractivity contribution is 0.714. The summed E-state index contributed by atoms with van der Waals surface area (Å²) in [7, 11) is 0. The van der Waals surface area contributed by atoms with Crippen LogP contribution in [0.5, 0.6) is 0 Å². The standard InChI is InChI=1S/C18H24/c1-12(2)17-10-13(3)11-18(15(17)5)16-9-7-6-8-14(16)4/h10-11H,1,6-9H2,2-5H3. The van der Waals surface area contributed by atoms with Gasteiger partial charge in [0.15, 0.2) is 0 Å². The molecule has 0 unspecified atom stereocenters. The highest BCUT2D eigenvalue weighted by atomic mass is 14.2. The van der Waals surface area contributed by atoms with Crippen LogP contribution in [0.1, 0.15) is 61.8 Å². The summed E-state index contributed by atoms with van der Waals surface area (Å²) in [5, 5.41) is 0. The summed E-state index contributed by atoms with van der Waals surface area (Å²) >= 11 is 0. The third-order valence-electron chi connectivity index (χ3n) is 4.08. The van der Waals surface area contributed by atoms with Crippen LogP contribution < -0.4 is 0 Å². The maximum atomic E-state index is 4.12. The first kappa shape index (κ1) is 13.1. The summed E-state index contributed by atoms with van der Waals surface area (Å²) in [5.74, 6) is 0. The van der Waals surface area contributed by atoms with Gasteiger partial charge in [0.05, 0.1) is 0 Å². The monoisotopic (exact) mass is 240 g/mol. The molecule has 0 amide bonds. The highest BCUT2D eigenvalue weighted by Crippen LogP contribution is 2.36. The summed E-state index contributed by atoms with van der Waals surface area (Å²) in [6, 6.07) is 4.62. The lowest BCUT2D eigenvalue weighted by atomic mass is 9.83. The fourth-order valence-electron chi connectivity index (χ4n) is 3.04. The highest BCUT2D eigenvalue weighted by molar-refractivity contribution is 5.77. The van der Waals surface area contributed by atoms with Crippen molar-refractivity contribution in [3.05, 3.63) is 46.5 Å². The second-order valence-electron chi connectivity index (χ2n) is 5.73. The van der Waals surface area contributed by atoms with Gasteiger partial charge in [0.25, 0.3) is 0 Å². The Hall–Kier alpha value is -1.30. The molecule has 96 valence electrons. The fraction of sp³-hybridized carbons (Fsp3) is 0.444. The Bertz CT molecular complexity index is 515. The van der Waals surface area contributed by atoms with Crippen LogP contribution >= 0.6 is 0 Å². The molecule has 0 fully saturated rings. The quantitative estimate of drug-likeness (QED) is 0.623. The van der Waals surface area contributed by atoms with Crippen molar-refractivity contribution in [2.75, 3.05) is 0 Å². The minimum absolute atomic E-state index is 1.17. The molecule has 0 bridgehead atoms. The zero-order valence-electron chi connectivity index (χ0n) is 12.2. The Kier molecular flexibility index (Phi) is 3.75. The molecular weight excluding hydrogens is 216 g/mol. The van der Waals surface area contributed by atoms with Crippen LogP contribution in [0.4, 0.5) is 0 Å². The van der Waals surface area contributed by atoms with E-state index in [9.17, 15) is 0 Å². The lowest BCUT2D eigenvalue weighted by Crippen LogP contribution is -2.01. The van der Waals surface area contributed by atoms with E-state index in [0.717, 1.165) is 0 Å². The molecule has 0 aromatic heterocycles. The minimum atomic E-state index is 1.17. The molecule has 1 aliphatic carbocycles.